The van der Waals surface area contributed by atoms with Crippen LogP contribution in [0.4, 0.5) is 13.2 Å². The van der Waals surface area contributed by atoms with E-state index in [0.717, 1.165) is 49.0 Å². The zero-order valence-corrected chi connectivity index (χ0v) is 27.5. The molecule has 1 aliphatic carbocycles. The van der Waals surface area contributed by atoms with Gasteiger partial charge in [0.2, 0.25) is 0 Å². The molecule has 0 radical (unpaired) electrons. The molecular weight excluding hydrogens is 630 g/mol. The summed E-state index contributed by atoms with van der Waals surface area (Å²) in [6, 6.07) is 17.7. The van der Waals surface area contributed by atoms with Crippen molar-refractivity contribution in [2.24, 2.45) is 0 Å². The van der Waals surface area contributed by atoms with Gasteiger partial charge in [-0.2, -0.15) is 8.78 Å². The van der Waals surface area contributed by atoms with Crippen molar-refractivity contribution >= 4 is 38.7 Å². The molecule has 0 aromatic heterocycles. The molecule has 44 heavy (non-hydrogen) atoms. The van der Waals surface area contributed by atoms with Gasteiger partial charge in [0.1, 0.15) is 0 Å². The number of carbonyl (C=O) groups is 1. The highest BCUT2D eigenvalue weighted by Crippen LogP contribution is 2.36. The third-order valence-corrected chi connectivity index (χ3v) is 11.8. The van der Waals surface area contributed by atoms with Crippen LogP contribution in [-0.4, -0.2) is 44.8 Å². The normalized spacial score (nSPS) is 15.7. The number of ether oxygens (including phenoxy) is 1. The molecule has 2 aromatic rings. The van der Waals surface area contributed by atoms with Gasteiger partial charge in [0.05, 0.1) is 46.8 Å². The Morgan fingerprint density at radius 3 is 2.18 bits per heavy atom. The summed E-state index contributed by atoms with van der Waals surface area (Å²) >= 11 is -0.260. The molecule has 0 heterocycles. The second kappa shape index (κ2) is 18.3. The summed E-state index contributed by atoms with van der Waals surface area (Å²) in [5.41, 5.74) is 0.133. The Bertz CT molecular complexity index is 1370. The van der Waals surface area contributed by atoms with Crippen LogP contribution in [0.2, 0.25) is 0 Å². The van der Waals surface area contributed by atoms with Gasteiger partial charge in [-0.15, -0.1) is 0 Å². The zero-order valence-electron chi connectivity index (χ0n) is 25.1. The number of allylic oxidation sites excluding steroid dienone is 3. The van der Waals surface area contributed by atoms with Gasteiger partial charge in [0.25, 0.3) is 0 Å². The minimum Gasteiger partial charge on any atom is -0.462 e. The molecule has 3 rings (SSSR count). The number of sulfone groups is 1. The van der Waals surface area contributed by atoms with Gasteiger partial charge < -0.3 is 8.92 Å². The summed E-state index contributed by atoms with van der Waals surface area (Å²) in [7, 11) is -2.58. The standard InChI is InChI=1S/C24H27O2S2.C9H13F3O3S/c1-3-11-20(4-2)27(21-12-7-5-8-13-21)22-16-18-24(19-17-22)28(25,26)23-14-9-6-10-15-23;1-6(2)8(13)15-5-4-7(10)9(11,12)16-14-3/h3-5,7-8,11-13,16-19,23H,1-2,6,9-10,14-15H2;7H,1,4-5H2,2-3H3/q+1;/b20-11+;. The van der Waals surface area contributed by atoms with Crippen molar-refractivity contribution in [3.8, 4) is 0 Å². The van der Waals surface area contributed by atoms with Gasteiger partial charge in [0, 0.05) is 12.0 Å². The number of hydrogen-bond donors (Lipinski definition) is 0. The maximum Gasteiger partial charge on any atom is 0.348 e. The maximum absolute atomic E-state index is 13.0. The number of carbonyl (C=O) groups excluding carboxylic acids is 1. The first-order valence-electron chi connectivity index (χ1n) is 14.0. The van der Waals surface area contributed by atoms with Crippen molar-refractivity contribution in [1.82, 2.24) is 0 Å². The van der Waals surface area contributed by atoms with Crippen molar-refractivity contribution < 1.29 is 35.3 Å². The zero-order chi connectivity index (χ0) is 32.8. The molecule has 2 atom stereocenters. The molecule has 0 saturated heterocycles. The first-order valence-corrected chi connectivity index (χ1v) is 17.5. The van der Waals surface area contributed by atoms with Crippen LogP contribution in [0, 0.1) is 0 Å². The summed E-state index contributed by atoms with van der Waals surface area (Å²) in [5.74, 6) is -0.727. The molecule has 1 fully saturated rings. The Labute approximate surface area is 266 Å². The van der Waals surface area contributed by atoms with E-state index in [4.69, 9.17) is 0 Å². The van der Waals surface area contributed by atoms with Crippen LogP contribution < -0.4 is 0 Å². The molecule has 1 saturated carbocycles. The lowest BCUT2D eigenvalue weighted by Crippen LogP contribution is -2.28. The lowest BCUT2D eigenvalue weighted by molar-refractivity contribution is -0.140. The fourth-order valence-electron chi connectivity index (χ4n) is 4.34. The molecule has 240 valence electrons. The summed E-state index contributed by atoms with van der Waals surface area (Å²) in [5, 5.41) is -3.88. The first kappa shape index (κ1) is 37.5. The number of esters is 1. The van der Waals surface area contributed by atoms with E-state index >= 15 is 0 Å². The Hall–Kier alpha value is -2.73. The molecule has 0 N–H and O–H groups in total. The minimum atomic E-state index is -3.65. The fourth-order valence-corrected chi connectivity index (χ4v) is 8.70. The number of rotatable bonds is 14. The Morgan fingerprint density at radius 2 is 1.66 bits per heavy atom. The smallest absolute Gasteiger partial charge is 0.348 e. The summed E-state index contributed by atoms with van der Waals surface area (Å²) in [6.07, 6.45) is 7.27. The molecule has 0 amide bonds. The first-order chi connectivity index (χ1) is 20.9. The van der Waals surface area contributed by atoms with E-state index in [-0.39, 0.29) is 33.8 Å². The lowest BCUT2D eigenvalue weighted by Gasteiger charge is -2.21. The van der Waals surface area contributed by atoms with Crippen molar-refractivity contribution in [2.45, 2.75) is 76.8 Å². The third-order valence-electron chi connectivity index (χ3n) is 6.59. The van der Waals surface area contributed by atoms with Gasteiger partial charge in [0.15, 0.2) is 30.7 Å². The quantitative estimate of drug-likeness (QED) is 0.0659. The molecule has 0 aliphatic heterocycles. The highest BCUT2D eigenvalue weighted by Gasteiger charge is 2.41. The second-order valence-corrected chi connectivity index (χ2v) is 15.2. The van der Waals surface area contributed by atoms with Gasteiger partial charge in [-0.1, -0.05) is 63.3 Å². The van der Waals surface area contributed by atoms with Crippen LogP contribution in [0.1, 0.15) is 45.4 Å². The molecule has 1 aliphatic rings. The Kier molecular flexibility index (Phi) is 15.6. The van der Waals surface area contributed by atoms with E-state index in [9.17, 15) is 26.4 Å². The highest BCUT2D eigenvalue weighted by molar-refractivity contribution is 8.01. The number of benzene rings is 2. The van der Waals surface area contributed by atoms with Gasteiger partial charge in [-0.25, -0.2) is 17.6 Å². The molecular formula is C33H40F3O5S3+. The number of hydrogen-bond acceptors (Lipinski definition) is 6. The predicted octanol–water partition coefficient (Wildman–Crippen LogP) is 8.81. The Balaban J connectivity index is 0.000000362. The van der Waals surface area contributed by atoms with Crippen LogP contribution in [0.5, 0.6) is 0 Å². The largest absolute Gasteiger partial charge is 0.462 e. The number of alkyl halides is 3. The third kappa shape index (κ3) is 11.0. The lowest BCUT2D eigenvalue weighted by atomic mass is 10.0. The van der Waals surface area contributed by atoms with Crippen LogP contribution >= 0.6 is 12.0 Å². The van der Waals surface area contributed by atoms with E-state index in [1.54, 1.807) is 18.2 Å². The summed E-state index contributed by atoms with van der Waals surface area (Å²) in [4.78, 5) is 14.6. The van der Waals surface area contributed by atoms with E-state index in [1.165, 1.54) is 11.8 Å². The average Bonchev–Trinajstić information content (AvgIpc) is 3.02. The van der Waals surface area contributed by atoms with Crippen LogP contribution in [-0.2, 0) is 34.4 Å². The van der Waals surface area contributed by atoms with Gasteiger partial charge in [-0.05, 0) is 68.3 Å². The molecule has 0 spiro atoms. The van der Waals surface area contributed by atoms with Crippen LogP contribution in [0.3, 0.4) is 0 Å². The van der Waals surface area contributed by atoms with Crippen LogP contribution in [0.25, 0.3) is 0 Å². The van der Waals surface area contributed by atoms with Crippen molar-refractivity contribution in [2.75, 3.05) is 13.7 Å². The predicted molar refractivity (Wildman–Crippen MR) is 174 cm³/mol. The SMILES string of the molecule is C=C(C)C(=O)OCCC(F)C(F)(F)SOC.C=C/C=C(\C=C)[S+](c1ccccc1)c1ccc(S(=O)(=O)C2CCCCC2)cc1. The maximum atomic E-state index is 13.0. The minimum absolute atomic E-state index is 0.133. The van der Waals surface area contributed by atoms with Gasteiger partial charge in [-0.3, -0.25) is 0 Å². The molecule has 2 unspecified atom stereocenters. The van der Waals surface area contributed by atoms with Crippen molar-refractivity contribution in [3.63, 3.8) is 0 Å². The van der Waals surface area contributed by atoms with E-state index in [0.29, 0.717) is 4.90 Å². The van der Waals surface area contributed by atoms with E-state index in [1.807, 2.05) is 42.5 Å². The number of halogens is 3. The van der Waals surface area contributed by atoms with Crippen molar-refractivity contribution in [1.29, 1.82) is 0 Å². The highest BCUT2D eigenvalue weighted by atomic mass is 32.2. The molecule has 11 heteroatoms. The second-order valence-electron chi connectivity index (χ2n) is 9.89. The molecule has 5 nitrogen and oxygen atoms in total. The summed E-state index contributed by atoms with van der Waals surface area (Å²) < 4.78 is 73.1. The van der Waals surface area contributed by atoms with E-state index in [2.05, 4.69) is 40.8 Å². The monoisotopic (exact) mass is 669 g/mol. The summed E-state index contributed by atoms with van der Waals surface area (Å²) in [6.45, 7) is 12.1. The van der Waals surface area contributed by atoms with Crippen molar-refractivity contribution in [3.05, 3.63) is 103 Å². The fraction of sp³-hybridized carbons (Fsp3) is 0.364. The van der Waals surface area contributed by atoms with Gasteiger partial charge >= 0.3 is 11.2 Å². The Morgan fingerprint density at radius 1 is 1.07 bits per heavy atom. The topological polar surface area (TPSA) is 69.7 Å². The van der Waals surface area contributed by atoms with E-state index < -0.39 is 40.3 Å². The molecule has 0 bridgehead atoms. The molecule has 2 aromatic carbocycles. The average molecular weight is 670 g/mol. The van der Waals surface area contributed by atoms with Crippen LogP contribution in [0.15, 0.2) is 118 Å².